The summed E-state index contributed by atoms with van der Waals surface area (Å²) in [5.41, 5.74) is -0.975. The number of hydrogen-bond acceptors (Lipinski definition) is 3. The van der Waals surface area contributed by atoms with E-state index in [-0.39, 0.29) is 12.3 Å². The molecule has 5 nitrogen and oxygen atoms in total. The molecule has 1 rings (SSSR count). The fourth-order valence-corrected chi connectivity index (χ4v) is 2.45. The summed E-state index contributed by atoms with van der Waals surface area (Å²) in [6.45, 7) is 5.78. The van der Waals surface area contributed by atoms with Crippen molar-refractivity contribution >= 4 is 11.9 Å². The zero-order valence-electron chi connectivity index (χ0n) is 12.5. The molecule has 0 spiro atoms. The third kappa shape index (κ3) is 4.82. The van der Waals surface area contributed by atoms with Crippen LogP contribution in [0.5, 0.6) is 0 Å². The number of carbonyl (C=O) groups is 2. The third-order valence-electron chi connectivity index (χ3n) is 3.76. The Labute approximate surface area is 115 Å². The number of carbonyl (C=O) groups excluding carboxylic acids is 1. The van der Waals surface area contributed by atoms with E-state index in [4.69, 9.17) is 5.11 Å². The lowest BCUT2D eigenvalue weighted by Crippen LogP contribution is -2.43. The van der Waals surface area contributed by atoms with E-state index in [0.29, 0.717) is 5.92 Å². The van der Waals surface area contributed by atoms with E-state index in [1.807, 2.05) is 4.90 Å². The van der Waals surface area contributed by atoms with Gasteiger partial charge in [-0.3, -0.25) is 9.59 Å². The number of carboxylic acid groups (broad SMARTS) is 1. The van der Waals surface area contributed by atoms with Crippen LogP contribution in [0.15, 0.2) is 0 Å². The zero-order chi connectivity index (χ0) is 14.6. The van der Waals surface area contributed by atoms with Crippen molar-refractivity contribution in [3.63, 3.8) is 0 Å². The summed E-state index contributed by atoms with van der Waals surface area (Å²) < 4.78 is 0. The van der Waals surface area contributed by atoms with Crippen molar-refractivity contribution in [2.24, 2.45) is 11.3 Å². The van der Waals surface area contributed by atoms with Gasteiger partial charge in [0.1, 0.15) is 0 Å². The van der Waals surface area contributed by atoms with Gasteiger partial charge in [0.15, 0.2) is 0 Å². The molecule has 0 unspecified atom stereocenters. The van der Waals surface area contributed by atoms with E-state index in [0.717, 1.165) is 32.5 Å². The molecule has 0 aromatic rings. The van der Waals surface area contributed by atoms with Crippen LogP contribution in [0.1, 0.15) is 33.1 Å². The average molecular weight is 270 g/mol. The molecule has 1 fully saturated rings. The first-order valence-electron chi connectivity index (χ1n) is 6.88. The molecule has 1 heterocycles. The first-order chi connectivity index (χ1) is 8.72. The first kappa shape index (κ1) is 16.0. The van der Waals surface area contributed by atoms with Gasteiger partial charge in [-0.2, -0.15) is 0 Å². The van der Waals surface area contributed by atoms with Crippen LogP contribution < -0.4 is 0 Å². The predicted octanol–water partition coefficient (Wildman–Crippen LogP) is 1.29. The van der Waals surface area contributed by atoms with Crippen molar-refractivity contribution in [2.75, 3.05) is 33.7 Å². The molecule has 1 amide bonds. The van der Waals surface area contributed by atoms with E-state index in [1.54, 1.807) is 13.8 Å². The Morgan fingerprint density at radius 2 is 1.79 bits per heavy atom. The summed E-state index contributed by atoms with van der Waals surface area (Å²) in [6.07, 6.45) is 2.11. The molecule has 1 saturated heterocycles. The Bertz CT molecular complexity index is 332. The average Bonchev–Trinajstić information content (AvgIpc) is 2.28. The van der Waals surface area contributed by atoms with Crippen LogP contribution in [0.2, 0.25) is 0 Å². The molecule has 0 aromatic carbocycles. The summed E-state index contributed by atoms with van der Waals surface area (Å²) in [7, 11) is 4.12. The van der Waals surface area contributed by atoms with Crippen LogP contribution in [0.3, 0.4) is 0 Å². The van der Waals surface area contributed by atoms with Gasteiger partial charge in [0, 0.05) is 26.1 Å². The number of likely N-dealkylation sites (tertiary alicyclic amines) is 1. The van der Waals surface area contributed by atoms with Gasteiger partial charge < -0.3 is 14.9 Å². The van der Waals surface area contributed by atoms with Crippen LogP contribution >= 0.6 is 0 Å². The second-order valence-electron chi connectivity index (χ2n) is 6.45. The highest BCUT2D eigenvalue weighted by atomic mass is 16.4. The monoisotopic (exact) mass is 270 g/mol. The summed E-state index contributed by atoms with van der Waals surface area (Å²) >= 11 is 0. The second kappa shape index (κ2) is 6.37. The van der Waals surface area contributed by atoms with Crippen molar-refractivity contribution in [3.8, 4) is 0 Å². The number of amides is 1. The number of rotatable bonds is 5. The molecule has 0 aromatic heterocycles. The number of aliphatic carboxylic acids is 1. The van der Waals surface area contributed by atoms with Crippen LogP contribution in [-0.4, -0.2) is 60.5 Å². The van der Waals surface area contributed by atoms with Gasteiger partial charge in [0.2, 0.25) is 5.91 Å². The standard InChI is InChI=1S/C14H26N2O3/c1-14(2,13(18)19)9-12(17)16-7-5-11(6-8-16)10-15(3)4/h11H,5-10H2,1-4H3,(H,18,19). The molecular weight excluding hydrogens is 244 g/mol. The number of nitrogens with zero attached hydrogens (tertiary/aromatic N) is 2. The van der Waals surface area contributed by atoms with Gasteiger partial charge in [0.25, 0.3) is 0 Å². The quantitative estimate of drug-likeness (QED) is 0.817. The van der Waals surface area contributed by atoms with Crippen LogP contribution in [0.25, 0.3) is 0 Å². The highest BCUT2D eigenvalue weighted by Crippen LogP contribution is 2.24. The molecule has 0 atom stereocenters. The first-order valence-corrected chi connectivity index (χ1v) is 6.88. The van der Waals surface area contributed by atoms with Crippen molar-refractivity contribution < 1.29 is 14.7 Å². The van der Waals surface area contributed by atoms with E-state index in [1.165, 1.54) is 0 Å². The third-order valence-corrected chi connectivity index (χ3v) is 3.76. The smallest absolute Gasteiger partial charge is 0.309 e. The molecule has 110 valence electrons. The highest BCUT2D eigenvalue weighted by molar-refractivity contribution is 5.84. The van der Waals surface area contributed by atoms with Crippen LogP contribution in [0, 0.1) is 11.3 Å². The van der Waals surface area contributed by atoms with Crippen molar-refractivity contribution in [3.05, 3.63) is 0 Å². The fraction of sp³-hybridized carbons (Fsp3) is 0.857. The van der Waals surface area contributed by atoms with Gasteiger partial charge in [-0.1, -0.05) is 0 Å². The summed E-state index contributed by atoms with van der Waals surface area (Å²) in [6, 6.07) is 0. The van der Waals surface area contributed by atoms with Crippen molar-refractivity contribution in [1.29, 1.82) is 0 Å². The normalized spacial score (nSPS) is 17.8. The van der Waals surface area contributed by atoms with Gasteiger partial charge in [-0.15, -0.1) is 0 Å². The van der Waals surface area contributed by atoms with Crippen LogP contribution in [-0.2, 0) is 9.59 Å². The molecule has 0 bridgehead atoms. The van der Waals surface area contributed by atoms with Gasteiger partial charge >= 0.3 is 5.97 Å². The largest absolute Gasteiger partial charge is 0.481 e. The Hall–Kier alpha value is -1.10. The Morgan fingerprint density at radius 1 is 1.26 bits per heavy atom. The maximum Gasteiger partial charge on any atom is 0.309 e. The van der Waals surface area contributed by atoms with Gasteiger partial charge in [-0.05, 0) is 46.7 Å². The molecule has 1 aliphatic rings. The number of piperidine rings is 1. The fourth-order valence-electron chi connectivity index (χ4n) is 2.45. The molecule has 19 heavy (non-hydrogen) atoms. The lowest BCUT2D eigenvalue weighted by Gasteiger charge is -2.34. The SMILES string of the molecule is CN(C)CC1CCN(C(=O)CC(C)(C)C(=O)O)CC1. The molecule has 0 radical (unpaired) electrons. The van der Waals surface area contributed by atoms with Crippen molar-refractivity contribution in [1.82, 2.24) is 9.80 Å². The zero-order valence-corrected chi connectivity index (χ0v) is 12.5. The molecular formula is C14H26N2O3. The Kier molecular flexibility index (Phi) is 5.35. The highest BCUT2D eigenvalue weighted by Gasteiger charge is 2.33. The maximum atomic E-state index is 12.1. The Balaban J connectivity index is 2.43. The minimum absolute atomic E-state index is 0.0318. The second-order valence-corrected chi connectivity index (χ2v) is 6.45. The number of hydrogen-bond donors (Lipinski definition) is 1. The van der Waals surface area contributed by atoms with Crippen molar-refractivity contribution in [2.45, 2.75) is 33.1 Å². The maximum absolute atomic E-state index is 12.1. The van der Waals surface area contributed by atoms with E-state index in [2.05, 4.69) is 19.0 Å². The summed E-state index contributed by atoms with van der Waals surface area (Å²) in [5, 5.41) is 9.05. The molecule has 5 heteroatoms. The summed E-state index contributed by atoms with van der Waals surface area (Å²) in [4.78, 5) is 27.1. The van der Waals surface area contributed by atoms with Gasteiger partial charge in [-0.25, -0.2) is 0 Å². The van der Waals surface area contributed by atoms with Crippen LogP contribution in [0.4, 0.5) is 0 Å². The molecule has 0 saturated carbocycles. The van der Waals surface area contributed by atoms with E-state index < -0.39 is 11.4 Å². The van der Waals surface area contributed by atoms with Gasteiger partial charge in [0.05, 0.1) is 5.41 Å². The topological polar surface area (TPSA) is 60.9 Å². The lowest BCUT2D eigenvalue weighted by atomic mass is 9.88. The predicted molar refractivity (Wildman–Crippen MR) is 73.9 cm³/mol. The molecule has 1 N–H and O–H groups in total. The lowest BCUT2D eigenvalue weighted by molar-refractivity contribution is -0.151. The minimum Gasteiger partial charge on any atom is -0.481 e. The minimum atomic E-state index is -0.975. The molecule has 1 aliphatic heterocycles. The molecule has 0 aliphatic carbocycles. The number of carboxylic acids is 1. The van der Waals surface area contributed by atoms with E-state index >= 15 is 0 Å². The summed E-state index contributed by atoms with van der Waals surface area (Å²) in [5.74, 6) is -0.300. The Morgan fingerprint density at radius 3 is 2.21 bits per heavy atom. The van der Waals surface area contributed by atoms with E-state index in [9.17, 15) is 9.59 Å².